The Morgan fingerprint density at radius 3 is 1.15 bits per heavy atom. The van der Waals surface area contributed by atoms with Crippen molar-refractivity contribution in [3.63, 3.8) is 0 Å². The number of rotatable bonds is 0. The van der Waals surface area contributed by atoms with E-state index in [0.717, 1.165) is 0 Å². The van der Waals surface area contributed by atoms with Crippen LogP contribution in [-0.2, 0) is 0 Å². The van der Waals surface area contributed by atoms with E-state index in [9.17, 15) is 0 Å². The molecule has 1 nitrogen and oxygen atoms in total. The summed E-state index contributed by atoms with van der Waals surface area (Å²) in [5.74, 6) is 0. The Balaban J connectivity index is 0.000000174. The number of hydrogen-bond acceptors (Lipinski definition) is 3. The van der Waals surface area contributed by atoms with Crippen molar-refractivity contribution in [2.24, 2.45) is 0 Å². The van der Waals surface area contributed by atoms with Gasteiger partial charge in [-0.05, 0) is 28.4 Å². The summed E-state index contributed by atoms with van der Waals surface area (Å²) in [6.07, 6.45) is 0. The van der Waals surface area contributed by atoms with Gasteiger partial charge in [-0.25, -0.2) is 0 Å². The van der Waals surface area contributed by atoms with Gasteiger partial charge in [-0.2, -0.15) is 22.7 Å². The quantitative estimate of drug-likeness (QED) is 0.711. The zero-order chi connectivity index (χ0) is 9.78. The second-order valence-corrected chi connectivity index (χ2v) is 3.54. The van der Waals surface area contributed by atoms with Crippen molar-refractivity contribution in [1.29, 1.82) is 0 Å². The molecule has 0 aliphatic rings. The van der Waals surface area contributed by atoms with Gasteiger partial charge in [0.25, 0.3) is 0 Å². The third kappa shape index (κ3) is 11.4. The minimum atomic E-state index is 0.250. The molecule has 0 fully saturated rings. The van der Waals surface area contributed by atoms with Gasteiger partial charge in [-0.1, -0.05) is 24.3 Å². The normalized spacial score (nSPS) is 7.54. The monoisotopic (exact) mass is 214 g/mol. The lowest BCUT2D eigenvalue weighted by atomic mass is 10.7. The van der Waals surface area contributed by atoms with Crippen LogP contribution in [0.2, 0.25) is 0 Å². The van der Waals surface area contributed by atoms with Crippen LogP contribution in [0.15, 0.2) is 45.8 Å². The summed E-state index contributed by atoms with van der Waals surface area (Å²) < 4.78 is 0. The van der Waals surface area contributed by atoms with Gasteiger partial charge in [-0.3, -0.25) is 0 Å². The van der Waals surface area contributed by atoms with Gasteiger partial charge in [-0.15, -0.1) is 0 Å². The Kier molecular flexibility index (Phi) is 10.8. The fraction of sp³-hybridized carbons (Fsp3) is 0.200. The molecule has 72 valence electrons. The van der Waals surface area contributed by atoms with Crippen molar-refractivity contribution < 1.29 is 5.11 Å². The van der Waals surface area contributed by atoms with E-state index in [-0.39, 0.29) is 6.61 Å². The fourth-order valence-electron chi connectivity index (χ4n) is 0.454. The molecule has 0 amide bonds. The van der Waals surface area contributed by atoms with Gasteiger partial charge in [0.15, 0.2) is 0 Å². The lowest BCUT2D eigenvalue weighted by Crippen LogP contribution is -1.57. The maximum atomic E-state index is 7.57. The minimum Gasteiger partial charge on any atom is -0.397 e. The first-order chi connectivity index (χ1) is 6.41. The molecule has 2 aromatic rings. The van der Waals surface area contributed by atoms with E-state index in [1.54, 1.807) is 29.6 Å². The molecule has 13 heavy (non-hydrogen) atoms. The largest absolute Gasteiger partial charge is 0.397 e. The summed E-state index contributed by atoms with van der Waals surface area (Å²) in [5.41, 5.74) is 0. The SMILES string of the molecule is CCO.c1ccsc1.c1ccsc1. The summed E-state index contributed by atoms with van der Waals surface area (Å²) >= 11 is 3.43. The molecule has 0 unspecified atom stereocenters. The van der Waals surface area contributed by atoms with E-state index in [2.05, 4.69) is 0 Å². The van der Waals surface area contributed by atoms with Crippen molar-refractivity contribution >= 4 is 22.7 Å². The molecule has 2 aromatic heterocycles. The van der Waals surface area contributed by atoms with Gasteiger partial charge in [0.2, 0.25) is 0 Å². The predicted molar refractivity (Wildman–Crippen MR) is 61.4 cm³/mol. The molecule has 0 saturated heterocycles. The van der Waals surface area contributed by atoms with E-state index in [1.165, 1.54) is 0 Å². The van der Waals surface area contributed by atoms with Crippen LogP contribution in [0.4, 0.5) is 0 Å². The Labute approximate surface area is 87.3 Å². The first kappa shape index (κ1) is 12.4. The van der Waals surface area contributed by atoms with Gasteiger partial charge in [0.1, 0.15) is 0 Å². The average Bonchev–Trinajstić information content (AvgIpc) is 2.85. The first-order valence-corrected chi connectivity index (χ1v) is 5.85. The molecular weight excluding hydrogens is 200 g/mol. The summed E-state index contributed by atoms with van der Waals surface area (Å²) in [5, 5.41) is 15.7. The third-order valence-corrected chi connectivity index (χ3v) is 2.11. The Hall–Kier alpha value is -0.640. The van der Waals surface area contributed by atoms with Gasteiger partial charge in [0.05, 0.1) is 0 Å². The Morgan fingerprint density at radius 2 is 1.08 bits per heavy atom. The molecule has 0 bridgehead atoms. The average molecular weight is 214 g/mol. The fourth-order valence-corrected chi connectivity index (χ4v) is 1.36. The maximum Gasteiger partial charge on any atom is 0.0402 e. The molecule has 0 aliphatic carbocycles. The van der Waals surface area contributed by atoms with Crippen LogP contribution in [0.3, 0.4) is 0 Å². The van der Waals surface area contributed by atoms with Crippen molar-refractivity contribution in [3.05, 3.63) is 45.8 Å². The Bertz CT molecular complexity index is 165. The lowest BCUT2D eigenvalue weighted by molar-refractivity contribution is 0.318. The molecule has 0 radical (unpaired) electrons. The highest BCUT2D eigenvalue weighted by Gasteiger charge is 1.59. The van der Waals surface area contributed by atoms with Crippen LogP contribution in [-0.4, -0.2) is 11.7 Å². The van der Waals surface area contributed by atoms with Crippen LogP contribution in [0.25, 0.3) is 0 Å². The van der Waals surface area contributed by atoms with Crippen molar-refractivity contribution in [2.75, 3.05) is 6.61 Å². The molecule has 1 N–H and O–H groups in total. The summed E-state index contributed by atoms with van der Waals surface area (Å²) in [4.78, 5) is 0. The second kappa shape index (κ2) is 11.4. The van der Waals surface area contributed by atoms with Crippen LogP contribution in [0.5, 0.6) is 0 Å². The topological polar surface area (TPSA) is 20.2 Å². The van der Waals surface area contributed by atoms with Crippen LogP contribution in [0.1, 0.15) is 6.92 Å². The van der Waals surface area contributed by atoms with E-state index < -0.39 is 0 Å². The summed E-state index contributed by atoms with van der Waals surface area (Å²) in [7, 11) is 0. The van der Waals surface area contributed by atoms with Crippen LogP contribution in [0, 0.1) is 0 Å². The molecule has 0 saturated carbocycles. The molecular formula is C10H14OS2. The third-order valence-electron chi connectivity index (χ3n) is 0.851. The smallest absolute Gasteiger partial charge is 0.0402 e. The highest BCUT2D eigenvalue weighted by atomic mass is 32.1. The number of hydrogen-bond donors (Lipinski definition) is 1. The number of aliphatic hydroxyl groups excluding tert-OH is 1. The van der Waals surface area contributed by atoms with Gasteiger partial charge in [0, 0.05) is 6.61 Å². The second-order valence-electron chi connectivity index (χ2n) is 1.90. The summed E-state index contributed by atoms with van der Waals surface area (Å²) in [6, 6.07) is 8.07. The minimum absolute atomic E-state index is 0.250. The van der Waals surface area contributed by atoms with Crippen LogP contribution >= 0.6 is 22.7 Å². The number of thiophene rings is 2. The predicted octanol–water partition coefficient (Wildman–Crippen LogP) is 3.49. The number of aliphatic hydroxyl groups is 1. The molecule has 3 heteroatoms. The molecule has 2 rings (SSSR count). The zero-order valence-electron chi connectivity index (χ0n) is 7.59. The highest BCUT2D eigenvalue weighted by molar-refractivity contribution is 7.08. The van der Waals surface area contributed by atoms with Crippen molar-refractivity contribution in [3.8, 4) is 0 Å². The van der Waals surface area contributed by atoms with E-state index in [1.807, 2.05) is 45.8 Å². The van der Waals surface area contributed by atoms with Gasteiger partial charge < -0.3 is 5.11 Å². The van der Waals surface area contributed by atoms with Crippen LogP contribution < -0.4 is 0 Å². The first-order valence-electron chi connectivity index (χ1n) is 3.97. The zero-order valence-corrected chi connectivity index (χ0v) is 9.22. The summed E-state index contributed by atoms with van der Waals surface area (Å²) in [6.45, 7) is 1.93. The van der Waals surface area contributed by atoms with E-state index in [0.29, 0.717) is 0 Å². The maximum absolute atomic E-state index is 7.57. The van der Waals surface area contributed by atoms with Gasteiger partial charge >= 0.3 is 0 Å². The van der Waals surface area contributed by atoms with E-state index in [4.69, 9.17) is 5.11 Å². The molecule has 2 heterocycles. The molecule has 0 aliphatic heterocycles. The van der Waals surface area contributed by atoms with Crippen molar-refractivity contribution in [1.82, 2.24) is 0 Å². The van der Waals surface area contributed by atoms with E-state index >= 15 is 0 Å². The molecule has 0 spiro atoms. The van der Waals surface area contributed by atoms with Crippen molar-refractivity contribution in [2.45, 2.75) is 6.92 Å². The molecule has 0 atom stereocenters. The standard InChI is InChI=1S/2C4H4S.C2H6O/c2*1-2-4-5-3-1;1-2-3/h2*1-4H;3H,2H2,1H3. The lowest BCUT2D eigenvalue weighted by Gasteiger charge is -1.52. The Morgan fingerprint density at radius 1 is 0.846 bits per heavy atom. The molecule has 0 aromatic carbocycles. The highest BCUT2D eigenvalue weighted by Crippen LogP contribution is 1.92.